The maximum absolute atomic E-state index is 11.8. The molecule has 2 aromatic rings. The summed E-state index contributed by atoms with van der Waals surface area (Å²) < 4.78 is 5.12. The molecule has 1 atom stereocenters. The quantitative estimate of drug-likeness (QED) is 0.823. The van der Waals surface area contributed by atoms with Crippen LogP contribution < -0.4 is 16.7 Å². The molecule has 1 heterocycles. The van der Waals surface area contributed by atoms with Crippen molar-refractivity contribution in [2.24, 2.45) is 11.7 Å². The summed E-state index contributed by atoms with van der Waals surface area (Å²) in [5.41, 5.74) is 5.74. The van der Waals surface area contributed by atoms with E-state index in [4.69, 9.17) is 10.2 Å². The molecule has 0 saturated heterocycles. The van der Waals surface area contributed by atoms with Gasteiger partial charge in [-0.05, 0) is 18.1 Å². The second-order valence-corrected chi connectivity index (χ2v) is 4.74. The van der Waals surface area contributed by atoms with Crippen LogP contribution in [0.25, 0.3) is 11.0 Å². The highest BCUT2D eigenvalue weighted by atomic mass is 16.4. The highest BCUT2D eigenvalue weighted by molar-refractivity contribution is 5.96. The van der Waals surface area contributed by atoms with Crippen molar-refractivity contribution in [1.82, 2.24) is 0 Å². The molecular weight excluding hydrogens is 244 g/mol. The normalized spacial score (nSPS) is 12.6. The summed E-state index contributed by atoms with van der Waals surface area (Å²) in [5, 5.41) is 3.26. The van der Waals surface area contributed by atoms with E-state index in [-0.39, 0.29) is 11.6 Å². The van der Waals surface area contributed by atoms with Crippen LogP contribution in [0.2, 0.25) is 0 Å². The third-order valence-electron chi connectivity index (χ3n) is 2.92. The van der Waals surface area contributed by atoms with Crippen LogP contribution in [0.5, 0.6) is 0 Å². The summed E-state index contributed by atoms with van der Waals surface area (Å²) in [5.74, 6) is -0.398. The van der Waals surface area contributed by atoms with E-state index in [2.05, 4.69) is 5.32 Å². The first-order valence-electron chi connectivity index (χ1n) is 6.08. The van der Waals surface area contributed by atoms with Crippen molar-refractivity contribution in [2.75, 3.05) is 5.32 Å². The van der Waals surface area contributed by atoms with E-state index in [0.29, 0.717) is 5.58 Å². The van der Waals surface area contributed by atoms with Gasteiger partial charge in [0.1, 0.15) is 11.3 Å². The summed E-state index contributed by atoms with van der Waals surface area (Å²) in [4.78, 5) is 23.6. The van der Waals surface area contributed by atoms with Gasteiger partial charge in [0.2, 0.25) is 5.91 Å². The number of rotatable bonds is 3. The number of hydrogen-bond acceptors (Lipinski definition) is 4. The van der Waals surface area contributed by atoms with E-state index in [0.717, 1.165) is 5.39 Å². The van der Waals surface area contributed by atoms with Gasteiger partial charge in [-0.1, -0.05) is 32.0 Å². The molecule has 0 fully saturated rings. The molecule has 0 aliphatic heterocycles. The molecular formula is C14H16N2O3. The maximum Gasteiger partial charge on any atom is 0.360 e. The predicted octanol–water partition coefficient (Wildman–Crippen LogP) is 1.71. The molecule has 3 N–H and O–H groups in total. The van der Waals surface area contributed by atoms with E-state index < -0.39 is 17.6 Å². The Hall–Kier alpha value is -2.14. The third-order valence-corrected chi connectivity index (χ3v) is 2.92. The fourth-order valence-electron chi connectivity index (χ4n) is 1.67. The van der Waals surface area contributed by atoms with Gasteiger partial charge in [-0.3, -0.25) is 4.79 Å². The summed E-state index contributed by atoms with van der Waals surface area (Å²) in [6, 6.07) is 8.03. The van der Waals surface area contributed by atoms with Gasteiger partial charge in [-0.25, -0.2) is 4.79 Å². The van der Waals surface area contributed by atoms with Gasteiger partial charge in [0, 0.05) is 5.39 Å². The second-order valence-electron chi connectivity index (χ2n) is 4.74. The molecule has 0 unspecified atom stereocenters. The van der Waals surface area contributed by atoms with Gasteiger partial charge in [-0.2, -0.15) is 0 Å². The topological polar surface area (TPSA) is 85.3 Å². The molecule has 1 amide bonds. The van der Waals surface area contributed by atoms with Crippen molar-refractivity contribution in [3.63, 3.8) is 0 Å². The van der Waals surface area contributed by atoms with Crippen LogP contribution in [0, 0.1) is 5.92 Å². The van der Waals surface area contributed by atoms with E-state index in [1.54, 1.807) is 24.3 Å². The zero-order chi connectivity index (χ0) is 14.0. The second kappa shape index (κ2) is 5.24. The van der Waals surface area contributed by atoms with Crippen LogP contribution >= 0.6 is 0 Å². The molecule has 2 rings (SSSR count). The van der Waals surface area contributed by atoms with Crippen molar-refractivity contribution in [2.45, 2.75) is 19.9 Å². The van der Waals surface area contributed by atoms with E-state index >= 15 is 0 Å². The highest BCUT2D eigenvalue weighted by Gasteiger charge is 2.18. The van der Waals surface area contributed by atoms with Gasteiger partial charge in [0.25, 0.3) is 0 Å². The van der Waals surface area contributed by atoms with Crippen molar-refractivity contribution in [3.05, 3.63) is 40.8 Å². The maximum atomic E-state index is 11.8. The average Bonchev–Trinajstić information content (AvgIpc) is 2.38. The number of carbonyl (C=O) groups excluding carboxylic acids is 1. The molecule has 0 saturated carbocycles. The third kappa shape index (κ3) is 2.82. The Balaban J connectivity index is 2.33. The zero-order valence-corrected chi connectivity index (χ0v) is 10.8. The number of anilines is 1. The van der Waals surface area contributed by atoms with Gasteiger partial charge in [-0.15, -0.1) is 0 Å². The van der Waals surface area contributed by atoms with E-state index in [9.17, 15) is 9.59 Å². The van der Waals surface area contributed by atoms with Gasteiger partial charge in [0.05, 0.1) is 6.04 Å². The molecule has 0 radical (unpaired) electrons. The monoisotopic (exact) mass is 260 g/mol. The average molecular weight is 260 g/mol. The number of nitrogens with two attached hydrogens (primary N) is 1. The number of nitrogens with one attached hydrogen (secondary N) is 1. The highest BCUT2D eigenvalue weighted by Crippen LogP contribution is 2.15. The number of carbonyl (C=O) groups is 1. The van der Waals surface area contributed by atoms with Crippen LogP contribution in [-0.2, 0) is 4.79 Å². The zero-order valence-electron chi connectivity index (χ0n) is 10.8. The number of para-hydroxylation sites is 1. The first kappa shape index (κ1) is 13.3. The summed E-state index contributed by atoms with van der Waals surface area (Å²) in [6.45, 7) is 3.68. The lowest BCUT2D eigenvalue weighted by Gasteiger charge is -2.14. The number of hydrogen-bond donors (Lipinski definition) is 2. The Labute approximate surface area is 110 Å². The molecule has 1 aromatic carbocycles. The lowest BCUT2D eigenvalue weighted by Crippen LogP contribution is -2.40. The van der Waals surface area contributed by atoms with Crippen molar-refractivity contribution in [3.8, 4) is 0 Å². The molecule has 5 heteroatoms. The van der Waals surface area contributed by atoms with Crippen LogP contribution in [0.1, 0.15) is 13.8 Å². The number of amides is 1. The lowest BCUT2D eigenvalue weighted by atomic mass is 10.1. The minimum atomic E-state index is -0.661. The number of fused-ring (bicyclic) bond motifs is 1. The minimum absolute atomic E-state index is 0.00695. The molecule has 0 bridgehead atoms. The van der Waals surface area contributed by atoms with Crippen molar-refractivity contribution >= 4 is 22.6 Å². The Morgan fingerprint density at radius 1 is 1.32 bits per heavy atom. The Kier molecular flexibility index (Phi) is 3.66. The smallest absolute Gasteiger partial charge is 0.360 e. The van der Waals surface area contributed by atoms with Crippen LogP contribution in [0.4, 0.5) is 5.69 Å². The first-order valence-corrected chi connectivity index (χ1v) is 6.08. The lowest BCUT2D eigenvalue weighted by molar-refractivity contribution is -0.118. The SMILES string of the molecule is CC(C)[C@H](N)C(=O)Nc1cc2ccccc2oc1=O. The molecule has 0 spiro atoms. The first-order chi connectivity index (χ1) is 8.99. The molecule has 0 aliphatic carbocycles. The van der Waals surface area contributed by atoms with Gasteiger partial charge in [0.15, 0.2) is 0 Å². The van der Waals surface area contributed by atoms with Crippen LogP contribution in [0.3, 0.4) is 0 Å². The Morgan fingerprint density at radius 2 is 2.00 bits per heavy atom. The minimum Gasteiger partial charge on any atom is -0.421 e. The van der Waals surface area contributed by atoms with Crippen molar-refractivity contribution in [1.29, 1.82) is 0 Å². The van der Waals surface area contributed by atoms with E-state index in [1.165, 1.54) is 0 Å². The summed E-state index contributed by atoms with van der Waals surface area (Å²) in [6.07, 6.45) is 0. The van der Waals surface area contributed by atoms with Crippen LogP contribution in [-0.4, -0.2) is 11.9 Å². The largest absolute Gasteiger partial charge is 0.421 e. The molecule has 1 aromatic heterocycles. The van der Waals surface area contributed by atoms with Gasteiger partial charge >= 0.3 is 5.63 Å². The Morgan fingerprint density at radius 3 is 2.68 bits per heavy atom. The van der Waals surface area contributed by atoms with Crippen molar-refractivity contribution < 1.29 is 9.21 Å². The summed E-state index contributed by atoms with van der Waals surface area (Å²) in [7, 11) is 0. The predicted molar refractivity (Wildman–Crippen MR) is 73.9 cm³/mol. The fourth-order valence-corrected chi connectivity index (χ4v) is 1.67. The molecule has 19 heavy (non-hydrogen) atoms. The Bertz CT molecular complexity index is 661. The van der Waals surface area contributed by atoms with E-state index in [1.807, 2.05) is 19.9 Å². The number of benzene rings is 1. The van der Waals surface area contributed by atoms with Gasteiger partial charge < -0.3 is 15.5 Å². The summed E-state index contributed by atoms with van der Waals surface area (Å²) >= 11 is 0. The molecule has 5 nitrogen and oxygen atoms in total. The fraction of sp³-hybridized carbons (Fsp3) is 0.286. The van der Waals surface area contributed by atoms with Crippen LogP contribution in [0.15, 0.2) is 39.5 Å². The standard InChI is InChI=1S/C14H16N2O3/c1-8(2)12(15)13(17)16-10-7-9-5-3-4-6-11(9)19-14(10)18/h3-8,12H,15H2,1-2H3,(H,16,17)/t12-/m0/s1. The molecule has 100 valence electrons. The molecule has 0 aliphatic rings.